The molecule has 230 valence electrons. The van der Waals surface area contributed by atoms with Crippen molar-refractivity contribution in [2.75, 3.05) is 18.5 Å². The first-order valence-corrected chi connectivity index (χ1v) is 14.2. The van der Waals surface area contributed by atoms with Gasteiger partial charge in [0.2, 0.25) is 0 Å². The first kappa shape index (κ1) is 31.4. The van der Waals surface area contributed by atoms with Crippen LogP contribution in [0.2, 0.25) is 0 Å². The minimum Gasteiger partial charge on any atom is -0.490 e. The number of nitrogens with one attached hydrogen (secondary N) is 1. The van der Waals surface area contributed by atoms with E-state index < -0.39 is 35.6 Å². The van der Waals surface area contributed by atoms with Crippen molar-refractivity contribution in [3.63, 3.8) is 0 Å². The van der Waals surface area contributed by atoms with Crippen molar-refractivity contribution < 1.29 is 31.8 Å². The van der Waals surface area contributed by atoms with Gasteiger partial charge in [0.25, 0.3) is 11.5 Å². The van der Waals surface area contributed by atoms with Gasteiger partial charge in [-0.25, -0.2) is 9.37 Å². The number of carbonyl (C=O) groups excluding carboxylic acids is 1. The van der Waals surface area contributed by atoms with Gasteiger partial charge in [-0.2, -0.15) is 22.9 Å². The Balaban J connectivity index is 1.48. The first-order chi connectivity index (χ1) is 21.5. The molecule has 1 amide bonds. The molecule has 45 heavy (non-hydrogen) atoms. The molecule has 0 fully saturated rings. The number of anilines is 1. The molecule has 5 aromatic rings. The minimum atomic E-state index is -4.61. The number of nitrogens with zero attached hydrogens (tertiary/aromatic N) is 3. The van der Waals surface area contributed by atoms with Gasteiger partial charge in [-0.3, -0.25) is 9.59 Å². The van der Waals surface area contributed by atoms with Crippen molar-refractivity contribution in [2.45, 2.75) is 13.1 Å². The number of para-hydroxylation sites is 1. The minimum absolute atomic E-state index is 0.0409. The number of carbonyl (C=O) groups is 1. The molecule has 0 spiro atoms. The van der Waals surface area contributed by atoms with Gasteiger partial charge in [-0.15, -0.1) is 0 Å². The molecule has 1 aromatic heterocycles. The summed E-state index contributed by atoms with van der Waals surface area (Å²) in [4.78, 5) is 30.4. The van der Waals surface area contributed by atoms with Crippen LogP contribution in [0.3, 0.4) is 0 Å². The lowest BCUT2D eigenvalue weighted by atomic mass is 10.1. The Morgan fingerprint density at radius 3 is 2.51 bits per heavy atom. The Hall–Kier alpha value is -5.04. The summed E-state index contributed by atoms with van der Waals surface area (Å²) < 4.78 is 66.7. The third-order valence-electron chi connectivity index (χ3n) is 6.34. The molecule has 0 atom stereocenters. The van der Waals surface area contributed by atoms with Crippen molar-refractivity contribution in [1.82, 2.24) is 9.66 Å². The lowest BCUT2D eigenvalue weighted by Crippen LogP contribution is -2.21. The molecule has 0 aliphatic carbocycles. The fourth-order valence-corrected chi connectivity index (χ4v) is 4.73. The molecule has 1 heterocycles. The summed E-state index contributed by atoms with van der Waals surface area (Å²) in [5.41, 5.74) is -0.463. The van der Waals surface area contributed by atoms with E-state index in [1.165, 1.54) is 48.7 Å². The van der Waals surface area contributed by atoms with Crippen LogP contribution < -0.4 is 20.3 Å². The van der Waals surface area contributed by atoms with Crippen LogP contribution >= 0.6 is 15.9 Å². The van der Waals surface area contributed by atoms with Crippen molar-refractivity contribution in [2.24, 2.45) is 5.10 Å². The lowest BCUT2D eigenvalue weighted by Gasteiger charge is -2.14. The lowest BCUT2D eigenvalue weighted by molar-refractivity contribution is -0.137. The standard InChI is InChI=1S/C32H23BrF4N4O4/c1-2-44-27-14-20(25(33)16-28(27)45-18-29(42)39-23-10-6-9-22(34)15-23)17-38-41-30(19-7-5-8-21(13-19)32(35,36)37)40-26-12-4-3-11-24(26)31(41)43/h3-17H,2,18H2,1H3,(H,39,42). The highest BCUT2D eigenvalue weighted by Gasteiger charge is 2.31. The number of ether oxygens (including phenoxy) is 2. The Morgan fingerprint density at radius 2 is 1.76 bits per heavy atom. The molecule has 8 nitrogen and oxygen atoms in total. The monoisotopic (exact) mass is 682 g/mol. The number of hydrogen-bond acceptors (Lipinski definition) is 6. The van der Waals surface area contributed by atoms with Crippen LogP contribution in [0.25, 0.3) is 22.3 Å². The maximum atomic E-state index is 13.5. The molecule has 4 aromatic carbocycles. The summed E-state index contributed by atoms with van der Waals surface area (Å²) in [6.45, 7) is 1.59. The summed E-state index contributed by atoms with van der Waals surface area (Å²) in [5.74, 6) is -0.661. The van der Waals surface area contributed by atoms with E-state index in [1.54, 1.807) is 37.3 Å². The Kier molecular flexibility index (Phi) is 9.28. The maximum absolute atomic E-state index is 13.5. The number of hydrogen-bond donors (Lipinski definition) is 1. The number of halogens is 5. The SMILES string of the molecule is CCOc1cc(C=Nn2c(-c3cccc(C(F)(F)F)c3)nc3ccccc3c2=O)c(Br)cc1OCC(=O)Nc1cccc(F)c1. The summed E-state index contributed by atoms with van der Waals surface area (Å²) >= 11 is 3.43. The van der Waals surface area contributed by atoms with Gasteiger partial charge < -0.3 is 14.8 Å². The van der Waals surface area contributed by atoms with Crippen LogP contribution in [0.15, 0.2) is 99.3 Å². The zero-order valence-corrected chi connectivity index (χ0v) is 25.0. The highest BCUT2D eigenvalue weighted by Crippen LogP contribution is 2.34. The second kappa shape index (κ2) is 13.3. The Morgan fingerprint density at radius 1 is 1.00 bits per heavy atom. The number of rotatable bonds is 9. The fourth-order valence-electron chi connectivity index (χ4n) is 4.31. The molecule has 0 saturated carbocycles. The van der Waals surface area contributed by atoms with Crippen molar-refractivity contribution in [3.05, 3.63) is 117 Å². The van der Waals surface area contributed by atoms with E-state index in [2.05, 4.69) is 31.3 Å². The molecular weight excluding hydrogens is 660 g/mol. The summed E-state index contributed by atoms with van der Waals surface area (Å²) in [6, 6.07) is 19.4. The largest absolute Gasteiger partial charge is 0.490 e. The Labute approximate surface area is 262 Å². The molecule has 0 aliphatic heterocycles. The average molecular weight is 683 g/mol. The van der Waals surface area contributed by atoms with E-state index in [1.807, 2.05) is 0 Å². The summed E-state index contributed by atoms with van der Waals surface area (Å²) in [7, 11) is 0. The molecule has 5 rings (SSSR count). The van der Waals surface area contributed by atoms with Gasteiger partial charge in [-0.1, -0.05) is 30.3 Å². The van der Waals surface area contributed by atoms with Crippen molar-refractivity contribution >= 4 is 44.6 Å². The quantitative estimate of drug-likeness (QED) is 0.130. The fraction of sp³-hybridized carbons (Fsp3) is 0.125. The van der Waals surface area contributed by atoms with Crippen LogP contribution in [0.1, 0.15) is 18.1 Å². The molecule has 0 aliphatic rings. The van der Waals surface area contributed by atoms with Gasteiger partial charge in [0.1, 0.15) is 5.82 Å². The van der Waals surface area contributed by atoms with Crippen LogP contribution in [0.5, 0.6) is 11.5 Å². The van der Waals surface area contributed by atoms with Crippen LogP contribution in [0, 0.1) is 5.82 Å². The van der Waals surface area contributed by atoms with Gasteiger partial charge in [0.05, 0.1) is 29.3 Å². The van der Waals surface area contributed by atoms with E-state index in [0.717, 1.165) is 16.8 Å². The molecular formula is C32H23BrF4N4O4. The molecule has 0 unspecified atom stereocenters. The molecule has 13 heteroatoms. The zero-order chi connectivity index (χ0) is 32.1. The molecule has 0 saturated heterocycles. The summed E-state index contributed by atoms with van der Waals surface area (Å²) in [6.07, 6.45) is -3.28. The molecule has 0 radical (unpaired) electrons. The smallest absolute Gasteiger partial charge is 0.416 e. The third kappa shape index (κ3) is 7.37. The molecule has 0 bridgehead atoms. The highest BCUT2D eigenvalue weighted by atomic mass is 79.9. The van der Waals surface area contributed by atoms with Crippen LogP contribution in [-0.4, -0.2) is 35.0 Å². The molecule has 1 N–H and O–H groups in total. The number of fused-ring (bicyclic) bond motifs is 1. The van der Waals surface area contributed by atoms with Gasteiger partial charge in [0.15, 0.2) is 23.9 Å². The topological polar surface area (TPSA) is 94.8 Å². The van der Waals surface area contributed by atoms with Crippen molar-refractivity contribution in [1.29, 1.82) is 0 Å². The number of amides is 1. The first-order valence-electron chi connectivity index (χ1n) is 13.4. The maximum Gasteiger partial charge on any atom is 0.416 e. The van der Waals surface area contributed by atoms with E-state index in [9.17, 15) is 27.2 Å². The van der Waals surface area contributed by atoms with Gasteiger partial charge >= 0.3 is 6.18 Å². The second-order valence-corrected chi connectivity index (χ2v) is 10.3. The van der Waals surface area contributed by atoms with E-state index in [4.69, 9.17) is 9.47 Å². The third-order valence-corrected chi connectivity index (χ3v) is 7.03. The predicted octanol–water partition coefficient (Wildman–Crippen LogP) is 7.28. The number of alkyl halides is 3. The average Bonchev–Trinajstić information content (AvgIpc) is 3.00. The van der Waals surface area contributed by atoms with Crippen molar-refractivity contribution in [3.8, 4) is 22.9 Å². The predicted molar refractivity (Wildman–Crippen MR) is 165 cm³/mol. The van der Waals surface area contributed by atoms with Gasteiger partial charge in [-0.05, 0) is 77.5 Å². The Bertz CT molecular complexity index is 1980. The van der Waals surface area contributed by atoms with Crippen LogP contribution in [0.4, 0.5) is 23.2 Å². The van der Waals surface area contributed by atoms with Gasteiger partial charge in [0, 0.05) is 21.3 Å². The second-order valence-electron chi connectivity index (χ2n) is 9.49. The van der Waals surface area contributed by atoms with Crippen LogP contribution in [-0.2, 0) is 11.0 Å². The normalized spacial score (nSPS) is 11.6. The highest BCUT2D eigenvalue weighted by molar-refractivity contribution is 9.10. The van der Waals surface area contributed by atoms with E-state index >= 15 is 0 Å². The zero-order valence-electron chi connectivity index (χ0n) is 23.4. The van der Waals surface area contributed by atoms with E-state index in [0.29, 0.717) is 15.6 Å². The summed E-state index contributed by atoms with van der Waals surface area (Å²) in [5, 5.41) is 7.09. The number of aromatic nitrogens is 2. The van der Waals surface area contributed by atoms with E-state index in [-0.39, 0.29) is 40.6 Å². The number of benzene rings is 4.